The fourth-order valence-corrected chi connectivity index (χ4v) is 8.91. The first-order valence-electron chi connectivity index (χ1n) is 20.3. The Labute approximate surface area is 344 Å². The molecule has 0 amide bonds. The van der Waals surface area contributed by atoms with Crippen LogP contribution in [0.25, 0.3) is 87.6 Å². The molecule has 0 spiro atoms. The summed E-state index contributed by atoms with van der Waals surface area (Å²) >= 11 is 0. The smallest absolute Gasteiger partial charge is 0.0467 e. The van der Waals surface area contributed by atoms with Crippen LogP contribution in [0, 0.1) is 0 Å². The molecule has 0 aromatic heterocycles. The molecule has 0 aliphatic heterocycles. The second-order valence-corrected chi connectivity index (χ2v) is 15.3. The lowest BCUT2D eigenvalue weighted by Crippen LogP contribution is -2.10. The Kier molecular flexibility index (Phi) is 8.56. The van der Waals surface area contributed by atoms with Gasteiger partial charge in [-0.15, -0.1) is 0 Å². The quantitative estimate of drug-likeness (QED) is 0.147. The summed E-state index contributed by atoms with van der Waals surface area (Å²) in [5.74, 6) is 0. The average molecular weight is 750 g/mol. The molecule has 11 rings (SSSR count). The van der Waals surface area contributed by atoms with Crippen molar-refractivity contribution in [2.24, 2.45) is 0 Å². The zero-order chi connectivity index (χ0) is 39.1. The highest BCUT2D eigenvalue weighted by Gasteiger charge is 2.16. The minimum atomic E-state index is 1.10. The Morgan fingerprint density at radius 2 is 0.610 bits per heavy atom. The van der Waals surface area contributed by atoms with Gasteiger partial charge < -0.3 is 4.90 Å². The van der Waals surface area contributed by atoms with Gasteiger partial charge in [0.05, 0.1) is 0 Å². The molecule has 0 N–H and O–H groups in total. The van der Waals surface area contributed by atoms with Gasteiger partial charge in [-0.3, -0.25) is 0 Å². The van der Waals surface area contributed by atoms with E-state index in [-0.39, 0.29) is 0 Å². The molecule has 0 atom stereocenters. The fourth-order valence-electron chi connectivity index (χ4n) is 8.91. The molecule has 11 aromatic rings. The Morgan fingerprint density at radius 3 is 1.25 bits per heavy atom. The van der Waals surface area contributed by atoms with Gasteiger partial charge >= 0.3 is 0 Å². The van der Waals surface area contributed by atoms with Crippen LogP contribution < -0.4 is 4.90 Å². The Balaban J connectivity index is 0.958. The van der Waals surface area contributed by atoms with E-state index >= 15 is 0 Å². The molecular weight excluding hydrogens is 711 g/mol. The Morgan fingerprint density at radius 1 is 0.203 bits per heavy atom. The van der Waals surface area contributed by atoms with Crippen LogP contribution in [0.4, 0.5) is 17.1 Å². The summed E-state index contributed by atoms with van der Waals surface area (Å²) in [6.45, 7) is 0. The highest BCUT2D eigenvalue weighted by atomic mass is 15.1. The predicted octanol–water partition coefficient (Wildman–Crippen LogP) is 16.4. The van der Waals surface area contributed by atoms with Crippen molar-refractivity contribution in [2.75, 3.05) is 4.90 Å². The summed E-state index contributed by atoms with van der Waals surface area (Å²) < 4.78 is 0. The normalized spacial score (nSPS) is 11.4. The van der Waals surface area contributed by atoms with Gasteiger partial charge in [0, 0.05) is 17.1 Å². The second-order valence-electron chi connectivity index (χ2n) is 15.3. The van der Waals surface area contributed by atoms with Crippen molar-refractivity contribution in [3.63, 3.8) is 0 Å². The van der Waals surface area contributed by atoms with Gasteiger partial charge in [0.2, 0.25) is 0 Å². The SMILES string of the molecule is c1ccc(-c2ccc(N(c3ccc(-c4cccc5ccccc45)cc3)c3cccc(-c4ccc(-c5ccc6c7ccccc7c7ccccc7c6c5)cc4)c3)cc2)cc1. The third-order valence-electron chi connectivity index (χ3n) is 11.9. The van der Waals surface area contributed by atoms with Crippen molar-refractivity contribution >= 4 is 60.2 Å². The summed E-state index contributed by atoms with van der Waals surface area (Å²) in [6.07, 6.45) is 0. The maximum absolute atomic E-state index is 2.37. The van der Waals surface area contributed by atoms with Gasteiger partial charge in [-0.25, -0.2) is 0 Å². The van der Waals surface area contributed by atoms with Crippen LogP contribution in [0.2, 0.25) is 0 Å². The van der Waals surface area contributed by atoms with Gasteiger partial charge in [-0.1, -0.05) is 194 Å². The van der Waals surface area contributed by atoms with E-state index in [9.17, 15) is 0 Å². The largest absolute Gasteiger partial charge is 0.310 e. The molecule has 0 saturated carbocycles. The van der Waals surface area contributed by atoms with Crippen LogP contribution in [0.3, 0.4) is 0 Å². The van der Waals surface area contributed by atoms with Crippen LogP contribution in [0.1, 0.15) is 0 Å². The Bertz CT molecular complexity index is 3250. The lowest BCUT2D eigenvalue weighted by Gasteiger charge is -2.26. The van der Waals surface area contributed by atoms with E-state index in [0.717, 1.165) is 17.1 Å². The van der Waals surface area contributed by atoms with Gasteiger partial charge in [0.15, 0.2) is 0 Å². The third-order valence-corrected chi connectivity index (χ3v) is 11.9. The standard InChI is InChI=1S/C58H39N/c1-2-12-40(13-3-1)41-28-33-48(34-29-41)59(49-35-30-45(31-36-49)52-23-11-15-44-14-4-5-18-51(44)52)50-17-10-16-46(38-50)42-24-26-43(27-25-42)47-32-37-57-55-21-7-6-19-53(55)54-20-8-9-22-56(54)58(57)39-47/h1-39H. The van der Waals surface area contributed by atoms with Gasteiger partial charge in [-0.2, -0.15) is 0 Å². The van der Waals surface area contributed by atoms with Crippen molar-refractivity contribution in [2.45, 2.75) is 0 Å². The van der Waals surface area contributed by atoms with Crippen LogP contribution in [0.5, 0.6) is 0 Å². The minimum Gasteiger partial charge on any atom is -0.310 e. The van der Waals surface area contributed by atoms with Crippen molar-refractivity contribution in [3.05, 3.63) is 237 Å². The monoisotopic (exact) mass is 749 g/mol. The zero-order valence-electron chi connectivity index (χ0n) is 32.5. The summed E-state index contributed by atoms with van der Waals surface area (Å²) in [5, 5.41) is 10.3. The minimum absolute atomic E-state index is 1.10. The van der Waals surface area contributed by atoms with E-state index in [1.54, 1.807) is 0 Å². The molecule has 0 aliphatic carbocycles. The maximum atomic E-state index is 2.37. The fraction of sp³-hybridized carbons (Fsp3) is 0. The number of nitrogens with zero attached hydrogens (tertiary/aromatic N) is 1. The van der Waals surface area contributed by atoms with E-state index in [1.807, 2.05) is 0 Å². The third kappa shape index (κ3) is 6.30. The average Bonchev–Trinajstić information content (AvgIpc) is 3.32. The number of fused-ring (bicyclic) bond motifs is 7. The van der Waals surface area contributed by atoms with E-state index < -0.39 is 0 Å². The molecule has 0 unspecified atom stereocenters. The summed E-state index contributed by atoms with van der Waals surface area (Å²) in [4.78, 5) is 2.36. The number of benzene rings is 11. The molecule has 11 aromatic carbocycles. The number of hydrogen-bond acceptors (Lipinski definition) is 1. The highest BCUT2D eigenvalue weighted by molar-refractivity contribution is 6.25. The first kappa shape index (κ1) is 34.5. The van der Waals surface area contributed by atoms with E-state index in [2.05, 4.69) is 241 Å². The molecule has 59 heavy (non-hydrogen) atoms. The van der Waals surface area contributed by atoms with Crippen molar-refractivity contribution in [1.29, 1.82) is 0 Å². The maximum Gasteiger partial charge on any atom is 0.0467 e. The van der Waals surface area contributed by atoms with Gasteiger partial charge in [-0.05, 0) is 130 Å². The topological polar surface area (TPSA) is 3.24 Å². The molecule has 0 aliphatic rings. The van der Waals surface area contributed by atoms with E-state index in [1.165, 1.54) is 87.6 Å². The molecule has 0 heterocycles. The first-order valence-corrected chi connectivity index (χ1v) is 20.3. The van der Waals surface area contributed by atoms with Crippen LogP contribution in [-0.4, -0.2) is 0 Å². The summed E-state index contributed by atoms with van der Waals surface area (Å²) in [5.41, 5.74) is 12.9. The lowest BCUT2D eigenvalue weighted by molar-refractivity contribution is 1.28. The second kappa shape index (κ2) is 14.6. The van der Waals surface area contributed by atoms with Gasteiger partial charge in [0.25, 0.3) is 0 Å². The zero-order valence-corrected chi connectivity index (χ0v) is 32.5. The van der Waals surface area contributed by atoms with Crippen molar-refractivity contribution in [1.82, 2.24) is 0 Å². The van der Waals surface area contributed by atoms with E-state index in [0.29, 0.717) is 0 Å². The summed E-state index contributed by atoms with van der Waals surface area (Å²) in [6, 6.07) is 86.1. The number of hydrogen-bond donors (Lipinski definition) is 0. The highest BCUT2D eigenvalue weighted by Crippen LogP contribution is 2.41. The number of anilines is 3. The lowest BCUT2D eigenvalue weighted by atomic mass is 9.92. The van der Waals surface area contributed by atoms with Crippen LogP contribution in [0.15, 0.2) is 237 Å². The molecule has 0 radical (unpaired) electrons. The molecule has 0 saturated heterocycles. The Hall–Kier alpha value is -7.74. The molecule has 0 fully saturated rings. The molecule has 0 bridgehead atoms. The number of rotatable bonds is 7. The van der Waals surface area contributed by atoms with E-state index in [4.69, 9.17) is 0 Å². The van der Waals surface area contributed by atoms with Gasteiger partial charge in [0.1, 0.15) is 0 Å². The van der Waals surface area contributed by atoms with Crippen LogP contribution in [-0.2, 0) is 0 Å². The molecular formula is C58H39N. The van der Waals surface area contributed by atoms with Crippen molar-refractivity contribution in [3.8, 4) is 44.5 Å². The molecule has 1 heteroatoms. The van der Waals surface area contributed by atoms with Crippen LogP contribution >= 0.6 is 0 Å². The van der Waals surface area contributed by atoms with Crippen molar-refractivity contribution < 1.29 is 0 Å². The predicted molar refractivity (Wildman–Crippen MR) is 253 cm³/mol. The summed E-state index contributed by atoms with van der Waals surface area (Å²) in [7, 11) is 0. The molecule has 276 valence electrons. The molecule has 1 nitrogen and oxygen atoms in total. The first-order chi connectivity index (χ1) is 29.2.